The van der Waals surface area contributed by atoms with Crippen LogP contribution in [0.1, 0.15) is 32.3 Å². The van der Waals surface area contributed by atoms with Crippen LogP contribution in [0.25, 0.3) is 0 Å². The minimum Gasteiger partial charge on any atom is -0.316 e. The summed E-state index contributed by atoms with van der Waals surface area (Å²) in [5.41, 5.74) is 1.47. The fraction of sp³-hybridized carbons (Fsp3) is 0.692. The van der Waals surface area contributed by atoms with Crippen molar-refractivity contribution in [2.75, 3.05) is 18.8 Å². The molecule has 1 aromatic heterocycles. The van der Waals surface area contributed by atoms with E-state index in [0.717, 1.165) is 18.2 Å². The molecule has 0 bridgehead atoms. The molecule has 16 heavy (non-hydrogen) atoms. The van der Waals surface area contributed by atoms with Gasteiger partial charge in [0.1, 0.15) is 0 Å². The molecule has 1 rings (SSSR count). The second-order valence-electron chi connectivity index (χ2n) is 4.28. The summed E-state index contributed by atoms with van der Waals surface area (Å²) in [5.74, 6) is 3.21. The Kier molecular flexibility index (Phi) is 7.99. The summed E-state index contributed by atoms with van der Waals surface area (Å²) in [5, 5.41) is 7.93. The third kappa shape index (κ3) is 6.56. The van der Waals surface area contributed by atoms with E-state index in [4.69, 9.17) is 0 Å². The van der Waals surface area contributed by atoms with E-state index in [1.54, 1.807) is 11.3 Å². The first-order valence-corrected chi connectivity index (χ1v) is 8.22. The standard InChI is InChI=1S/C13H23NS2/c1-3-4-12(2)9-14-6-8-16-11-13-5-7-15-10-13/h5,7,10,12,14H,3-4,6,8-9,11H2,1-2H3. The quantitative estimate of drug-likeness (QED) is 0.671. The highest BCUT2D eigenvalue weighted by Gasteiger charge is 1.99. The fourth-order valence-corrected chi connectivity index (χ4v) is 3.27. The number of nitrogens with one attached hydrogen (secondary N) is 1. The highest BCUT2D eigenvalue weighted by atomic mass is 32.2. The third-order valence-electron chi connectivity index (χ3n) is 2.55. The molecule has 0 aliphatic heterocycles. The lowest BCUT2D eigenvalue weighted by Gasteiger charge is -2.10. The minimum atomic E-state index is 0.826. The van der Waals surface area contributed by atoms with Crippen molar-refractivity contribution in [3.05, 3.63) is 22.4 Å². The first kappa shape index (κ1) is 14.1. The first-order chi connectivity index (χ1) is 7.83. The van der Waals surface area contributed by atoms with Gasteiger partial charge in [-0.25, -0.2) is 0 Å². The van der Waals surface area contributed by atoms with E-state index in [2.05, 4.69) is 36.0 Å². The van der Waals surface area contributed by atoms with Crippen LogP contribution in [0.2, 0.25) is 0 Å². The molecule has 92 valence electrons. The van der Waals surface area contributed by atoms with Crippen molar-refractivity contribution in [1.82, 2.24) is 5.32 Å². The average molecular weight is 257 g/mol. The summed E-state index contributed by atoms with van der Waals surface area (Å²) in [6.45, 7) is 6.90. The van der Waals surface area contributed by atoms with Crippen LogP contribution < -0.4 is 5.32 Å². The molecule has 0 fully saturated rings. The van der Waals surface area contributed by atoms with Crippen LogP contribution in [0.15, 0.2) is 16.8 Å². The van der Waals surface area contributed by atoms with Crippen molar-refractivity contribution in [3.63, 3.8) is 0 Å². The van der Waals surface area contributed by atoms with Gasteiger partial charge < -0.3 is 5.32 Å². The molecule has 0 aromatic carbocycles. The maximum atomic E-state index is 3.53. The molecule has 0 spiro atoms. The van der Waals surface area contributed by atoms with Gasteiger partial charge in [-0.15, -0.1) is 0 Å². The largest absolute Gasteiger partial charge is 0.316 e. The van der Waals surface area contributed by atoms with Crippen molar-refractivity contribution in [2.24, 2.45) is 5.92 Å². The topological polar surface area (TPSA) is 12.0 Å². The number of hydrogen-bond acceptors (Lipinski definition) is 3. The molecular weight excluding hydrogens is 234 g/mol. The molecule has 0 saturated carbocycles. The monoisotopic (exact) mass is 257 g/mol. The van der Waals surface area contributed by atoms with Gasteiger partial charge in [-0.3, -0.25) is 0 Å². The van der Waals surface area contributed by atoms with Crippen LogP contribution in [0.5, 0.6) is 0 Å². The second-order valence-corrected chi connectivity index (χ2v) is 6.17. The van der Waals surface area contributed by atoms with E-state index in [-0.39, 0.29) is 0 Å². The van der Waals surface area contributed by atoms with Crippen molar-refractivity contribution in [1.29, 1.82) is 0 Å². The molecule has 1 unspecified atom stereocenters. The number of hydrogen-bond donors (Lipinski definition) is 1. The fourth-order valence-electron chi connectivity index (χ4n) is 1.65. The molecule has 0 aliphatic carbocycles. The molecule has 0 saturated heterocycles. The normalized spacial score (nSPS) is 12.9. The van der Waals surface area contributed by atoms with Crippen molar-refractivity contribution >= 4 is 23.1 Å². The van der Waals surface area contributed by atoms with Crippen LogP contribution in [0.4, 0.5) is 0 Å². The summed E-state index contributed by atoms with van der Waals surface area (Å²) in [7, 11) is 0. The molecule has 1 N–H and O–H groups in total. The molecule has 0 amide bonds. The molecule has 0 aliphatic rings. The Labute approximate surface area is 108 Å². The van der Waals surface area contributed by atoms with Crippen LogP contribution in [-0.2, 0) is 5.75 Å². The highest BCUT2D eigenvalue weighted by Crippen LogP contribution is 2.14. The predicted octanol–water partition coefficient (Wildman–Crippen LogP) is 4.01. The van der Waals surface area contributed by atoms with Gasteiger partial charge in [0.25, 0.3) is 0 Å². The zero-order valence-electron chi connectivity index (χ0n) is 10.4. The van der Waals surface area contributed by atoms with Crippen molar-refractivity contribution in [2.45, 2.75) is 32.4 Å². The molecule has 1 nitrogen and oxygen atoms in total. The van der Waals surface area contributed by atoms with Gasteiger partial charge in [-0.05, 0) is 41.3 Å². The average Bonchev–Trinajstić information content (AvgIpc) is 2.76. The smallest absolute Gasteiger partial charge is 0.0193 e. The Hall–Kier alpha value is 0.01000. The Bertz CT molecular complexity index is 246. The maximum Gasteiger partial charge on any atom is 0.0193 e. The number of thiophene rings is 1. The minimum absolute atomic E-state index is 0.826. The van der Waals surface area contributed by atoms with Gasteiger partial charge in [-0.1, -0.05) is 20.3 Å². The molecule has 1 heterocycles. The molecular formula is C13H23NS2. The number of thioether (sulfide) groups is 1. The SMILES string of the molecule is CCCC(C)CNCCSCc1ccsc1. The van der Waals surface area contributed by atoms with Crippen molar-refractivity contribution in [3.8, 4) is 0 Å². The molecule has 3 heteroatoms. The predicted molar refractivity (Wildman–Crippen MR) is 77.4 cm³/mol. The first-order valence-electron chi connectivity index (χ1n) is 6.12. The van der Waals surface area contributed by atoms with E-state index < -0.39 is 0 Å². The Morgan fingerprint density at radius 1 is 1.50 bits per heavy atom. The molecule has 1 aromatic rings. The highest BCUT2D eigenvalue weighted by molar-refractivity contribution is 7.98. The second kappa shape index (κ2) is 9.08. The van der Waals surface area contributed by atoms with Gasteiger partial charge in [-0.2, -0.15) is 23.1 Å². The zero-order chi connectivity index (χ0) is 11.6. The van der Waals surface area contributed by atoms with E-state index in [9.17, 15) is 0 Å². The summed E-state index contributed by atoms with van der Waals surface area (Å²) < 4.78 is 0. The summed E-state index contributed by atoms with van der Waals surface area (Å²) in [6.07, 6.45) is 2.64. The zero-order valence-corrected chi connectivity index (χ0v) is 12.0. The summed E-state index contributed by atoms with van der Waals surface area (Å²) in [6, 6.07) is 2.22. The van der Waals surface area contributed by atoms with Crippen LogP contribution in [-0.4, -0.2) is 18.8 Å². The molecule has 1 atom stereocenters. The van der Waals surface area contributed by atoms with Crippen LogP contribution in [0.3, 0.4) is 0 Å². The lowest BCUT2D eigenvalue weighted by Crippen LogP contribution is -2.23. The number of rotatable bonds is 9. The van der Waals surface area contributed by atoms with E-state index in [1.165, 1.54) is 30.7 Å². The van der Waals surface area contributed by atoms with Crippen LogP contribution in [0, 0.1) is 5.92 Å². The Balaban J connectivity index is 1.88. The third-order valence-corrected chi connectivity index (χ3v) is 4.31. The Morgan fingerprint density at radius 3 is 3.06 bits per heavy atom. The van der Waals surface area contributed by atoms with Crippen molar-refractivity contribution < 1.29 is 0 Å². The maximum absolute atomic E-state index is 3.53. The summed E-state index contributed by atoms with van der Waals surface area (Å²) in [4.78, 5) is 0. The van der Waals surface area contributed by atoms with Gasteiger partial charge >= 0.3 is 0 Å². The van der Waals surface area contributed by atoms with Gasteiger partial charge in [0.05, 0.1) is 0 Å². The summed E-state index contributed by atoms with van der Waals surface area (Å²) >= 11 is 3.81. The van der Waals surface area contributed by atoms with Crippen LogP contribution >= 0.6 is 23.1 Å². The van der Waals surface area contributed by atoms with E-state index >= 15 is 0 Å². The van der Waals surface area contributed by atoms with E-state index in [0.29, 0.717) is 0 Å². The lowest BCUT2D eigenvalue weighted by molar-refractivity contribution is 0.484. The van der Waals surface area contributed by atoms with Gasteiger partial charge in [0.2, 0.25) is 0 Å². The lowest BCUT2D eigenvalue weighted by atomic mass is 10.1. The Morgan fingerprint density at radius 2 is 2.38 bits per heavy atom. The molecule has 0 radical (unpaired) electrons. The van der Waals surface area contributed by atoms with Gasteiger partial charge in [0.15, 0.2) is 0 Å². The van der Waals surface area contributed by atoms with E-state index in [1.807, 2.05) is 11.8 Å². The van der Waals surface area contributed by atoms with Gasteiger partial charge in [0, 0.05) is 18.1 Å².